The fourth-order valence-electron chi connectivity index (χ4n) is 1.30. The number of rotatable bonds is 5. The van der Waals surface area contributed by atoms with E-state index < -0.39 is 5.60 Å². The van der Waals surface area contributed by atoms with Crippen molar-refractivity contribution >= 4 is 0 Å². The van der Waals surface area contributed by atoms with Crippen LogP contribution in [0, 0.1) is 5.41 Å². The van der Waals surface area contributed by atoms with Gasteiger partial charge in [0.1, 0.15) is 0 Å². The van der Waals surface area contributed by atoms with Crippen molar-refractivity contribution in [2.24, 2.45) is 11.1 Å². The molecule has 0 rings (SSSR count). The number of hydrogen-bond acceptors (Lipinski definition) is 3. The number of aliphatic hydroxyl groups is 1. The lowest BCUT2D eigenvalue weighted by Crippen LogP contribution is -2.47. The van der Waals surface area contributed by atoms with Crippen LogP contribution in [0.2, 0.25) is 0 Å². The summed E-state index contributed by atoms with van der Waals surface area (Å²) in [5.74, 6) is 0. The molecule has 0 amide bonds. The van der Waals surface area contributed by atoms with E-state index in [4.69, 9.17) is 10.5 Å². The number of nitrogens with two attached hydrogens (primary N) is 1. The molecule has 0 fully saturated rings. The van der Waals surface area contributed by atoms with Crippen molar-refractivity contribution < 1.29 is 9.84 Å². The molecule has 0 spiro atoms. The Morgan fingerprint density at radius 2 is 1.85 bits per heavy atom. The average Bonchev–Trinajstić information content (AvgIpc) is 1.99. The summed E-state index contributed by atoms with van der Waals surface area (Å²) in [6, 6.07) is 0. The normalized spacial score (nSPS) is 17.1. The number of methoxy groups -OCH3 is 1. The van der Waals surface area contributed by atoms with Crippen molar-refractivity contribution in [1.82, 2.24) is 0 Å². The second-order valence-electron chi connectivity index (χ2n) is 4.61. The molecule has 0 aromatic carbocycles. The molecule has 0 aliphatic heterocycles. The predicted octanol–water partition coefficient (Wildman–Crippen LogP) is 1.15. The van der Waals surface area contributed by atoms with E-state index in [1.54, 1.807) is 7.11 Å². The third kappa shape index (κ3) is 3.63. The van der Waals surface area contributed by atoms with Crippen molar-refractivity contribution in [2.75, 3.05) is 20.3 Å². The maximum Gasteiger partial charge on any atom is 0.0928 e. The Labute approximate surface area is 81.3 Å². The van der Waals surface area contributed by atoms with Crippen molar-refractivity contribution in [1.29, 1.82) is 0 Å². The fourth-order valence-corrected chi connectivity index (χ4v) is 1.30. The molecule has 3 heteroatoms. The van der Waals surface area contributed by atoms with E-state index >= 15 is 0 Å². The highest BCUT2D eigenvalue weighted by molar-refractivity contribution is 4.90. The largest absolute Gasteiger partial charge is 0.387 e. The third-order valence-electron chi connectivity index (χ3n) is 2.57. The summed E-state index contributed by atoms with van der Waals surface area (Å²) in [5.41, 5.74) is 4.49. The molecule has 1 unspecified atom stereocenters. The zero-order valence-electron chi connectivity index (χ0n) is 9.26. The summed E-state index contributed by atoms with van der Waals surface area (Å²) < 4.78 is 5.04. The van der Waals surface area contributed by atoms with E-state index in [1.807, 2.05) is 20.8 Å². The highest BCUT2D eigenvalue weighted by Gasteiger charge is 2.39. The van der Waals surface area contributed by atoms with Crippen LogP contribution in [0.4, 0.5) is 0 Å². The second kappa shape index (κ2) is 4.94. The van der Waals surface area contributed by atoms with Crippen LogP contribution in [0.25, 0.3) is 0 Å². The minimum absolute atomic E-state index is 0.168. The molecular formula is C10H23NO2. The molecule has 80 valence electrons. The molecule has 0 aliphatic carbocycles. The molecule has 0 radical (unpaired) electrons. The van der Waals surface area contributed by atoms with Crippen LogP contribution in [-0.4, -0.2) is 31.0 Å². The SMILES string of the molecule is COCC(O)(CCCN)C(C)(C)C. The summed E-state index contributed by atoms with van der Waals surface area (Å²) in [6.07, 6.45) is 1.53. The van der Waals surface area contributed by atoms with Crippen LogP contribution in [0.5, 0.6) is 0 Å². The minimum atomic E-state index is -0.763. The summed E-state index contributed by atoms with van der Waals surface area (Å²) in [4.78, 5) is 0. The van der Waals surface area contributed by atoms with E-state index in [9.17, 15) is 5.11 Å². The first-order valence-electron chi connectivity index (χ1n) is 4.79. The lowest BCUT2D eigenvalue weighted by molar-refractivity contribution is -0.110. The standard InChI is InChI=1S/C10H23NO2/c1-9(2,3)10(12,8-13-4)6-5-7-11/h12H,5-8,11H2,1-4H3. The fraction of sp³-hybridized carbons (Fsp3) is 1.00. The molecule has 3 nitrogen and oxygen atoms in total. The summed E-state index contributed by atoms with van der Waals surface area (Å²) in [7, 11) is 1.61. The molecule has 0 aromatic heterocycles. The molecule has 13 heavy (non-hydrogen) atoms. The van der Waals surface area contributed by atoms with Crippen LogP contribution >= 0.6 is 0 Å². The summed E-state index contributed by atoms with van der Waals surface area (Å²) in [6.45, 7) is 7.03. The number of hydrogen-bond donors (Lipinski definition) is 2. The Morgan fingerprint density at radius 1 is 1.31 bits per heavy atom. The van der Waals surface area contributed by atoms with Crippen LogP contribution < -0.4 is 5.73 Å². The van der Waals surface area contributed by atoms with Crippen LogP contribution in [0.15, 0.2) is 0 Å². The van der Waals surface area contributed by atoms with E-state index in [0.29, 0.717) is 19.6 Å². The topological polar surface area (TPSA) is 55.5 Å². The molecule has 1 atom stereocenters. The smallest absolute Gasteiger partial charge is 0.0928 e. The summed E-state index contributed by atoms with van der Waals surface area (Å²) in [5, 5.41) is 10.3. The van der Waals surface area contributed by atoms with Crippen molar-refractivity contribution in [3.63, 3.8) is 0 Å². The van der Waals surface area contributed by atoms with E-state index in [0.717, 1.165) is 6.42 Å². The van der Waals surface area contributed by atoms with Gasteiger partial charge in [-0.3, -0.25) is 0 Å². The van der Waals surface area contributed by atoms with Gasteiger partial charge >= 0.3 is 0 Å². The van der Waals surface area contributed by atoms with Gasteiger partial charge in [-0.2, -0.15) is 0 Å². The molecule has 0 bridgehead atoms. The maximum absolute atomic E-state index is 10.3. The Kier molecular flexibility index (Phi) is 4.89. The highest BCUT2D eigenvalue weighted by atomic mass is 16.5. The Bertz CT molecular complexity index is 142. The van der Waals surface area contributed by atoms with Gasteiger partial charge in [0.2, 0.25) is 0 Å². The Morgan fingerprint density at radius 3 is 2.15 bits per heavy atom. The van der Waals surface area contributed by atoms with Gasteiger partial charge < -0.3 is 15.6 Å². The van der Waals surface area contributed by atoms with Crippen molar-refractivity contribution in [3.8, 4) is 0 Å². The molecule has 0 heterocycles. The predicted molar refractivity (Wildman–Crippen MR) is 54.6 cm³/mol. The lowest BCUT2D eigenvalue weighted by Gasteiger charge is -2.39. The monoisotopic (exact) mass is 189 g/mol. The van der Waals surface area contributed by atoms with Gasteiger partial charge in [0, 0.05) is 7.11 Å². The molecule has 0 aliphatic rings. The van der Waals surface area contributed by atoms with Gasteiger partial charge in [-0.1, -0.05) is 20.8 Å². The van der Waals surface area contributed by atoms with Gasteiger partial charge in [-0.15, -0.1) is 0 Å². The average molecular weight is 189 g/mol. The number of ether oxygens (including phenoxy) is 1. The second-order valence-corrected chi connectivity index (χ2v) is 4.61. The molecule has 0 saturated carbocycles. The van der Waals surface area contributed by atoms with Gasteiger partial charge in [0.05, 0.1) is 12.2 Å². The molecular weight excluding hydrogens is 166 g/mol. The van der Waals surface area contributed by atoms with E-state index in [2.05, 4.69) is 0 Å². The zero-order valence-corrected chi connectivity index (χ0v) is 9.26. The Hall–Kier alpha value is -0.120. The Balaban J connectivity index is 4.34. The summed E-state index contributed by atoms with van der Waals surface area (Å²) >= 11 is 0. The van der Waals surface area contributed by atoms with Gasteiger partial charge in [-0.05, 0) is 24.8 Å². The highest BCUT2D eigenvalue weighted by Crippen LogP contribution is 2.34. The zero-order chi connectivity index (χ0) is 10.5. The van der Waals surface area contributed by atoms with E-state index in [1.165, 1.54) is 0 Å². The molecule has 0 saturated heterocycles. The quantitative estimate of drug-likeness (QED) is 0.682. The van der Waals surface area contributed by atoms with Crippen molar-refractivity contribution in [3.05, 3.63) is 0 Å². The minimum Gasteiger partial charge on any atom is -0.387 e. The van der Waals surface area contributed by atoms with Gasteiger partial charge in [0.15, 0.2) is 0 Å². The lowest BCUT2D eigenvalue weighted by atomic mass is 9.74. The molecule has 0 aromatic rings. The van der Waals surface area contributed by atoms with Crippen LogP contribution in [0.3, 0.4) is 0 Å². The van der Waals surface area contributed by atoms with E-state index in [-0.39, 0.29) is 5.41 Å². The first-order valence-corrected chi connectivity index (χ1v) is 4.79. The van der Waals surface area contributed by atoms with Gasteiger partial charge in [-0.25, -0.2) is 0 Å². The first-order chi connectivity index (χ1) is 5.87. The van der Waals surface area contributed by atoms with Crippen LogP contribution in [0.1, 0.15) is 33.6 Å². The first kappa shape index (κ1) is 12.9. The third-order valence-corrected chi connectivity index (χ3v) is 2.57. The van der Waals surface area contributed by atoms with Crippen molar-refractivity contribution in [2.45, 2.75) is 39.2 Å². The van der Waals surface area contributed by atoms with Gasteiger partial charge in [0.25, 0.3) is 0 Å². The van der Waals surface area contributed by atoms with Crippen LogP contribution in [-0.2, 0) is 4.74 Å². The molecule has 3 N–H and O–H groups in total. The maximum atomic E-state index is 10.3.